The number of amides is 2. The number of carbonyl (C=O) groups is 2. The summed E-state index contributed by atoms with van der Waals surface area (Å²) in [5.74, 6) is -0.232. The van der Waals surface area contributed by atoms with E-state index in [0.717, 1.165) is 32.1 Å². The summed E-state index contributed by atoms with van der Waals surface area (Å²) in [6.07, 6.45) is 4.81. The van der Waals surface area contributed by atoms with Crippen LogP contribution in [0.15, 0.2) is 35.2 Å². The summed E-state index contributed by atoms with van der Waals surface area (Å²) in [6.45, 7) is 2.21. The smallest absolute Gasteiger partial charge is 0.267 e. The van der Waals surface area contributed by atoms with Crippen LogP contribution in [-0.2, 0) is 22.9 Å². The molecular formula is C20H23N3O4S2. The van der Waals surface area contributed by atoms with Crippen LogP contribution in [0.1, 0.15) is 56.7 Å². The lowest BCUT2D eigenvalue weighted by molar-refractivity contribution is 0.0849. The third-order valence-electron chi connectivity index (χ3n) is 5.17. The maximum Gasteiger partial charge on any atom is 0.279 e. The van der Waals surface area contributed by atoms with Crippen molar-refractivity contribution in [1.82, 2.24) is 15.6 Å². The molecule has 29 heavy (non-hydrogen) atoms. The van der Waals surface area contributed by atoms with E-state index in [4.69, 9.17) is 0 Å². The van der Waals surface area contributed by atoms with Crippen LogP contribution in [0.5, 0.6) is 0 Å². The molecule has 7 nitrogen and oxygen atoms in total. The van der Waals surface area contributed by atoms with Gasteiger partial charge in [-0.3, -0.25) is 20.4 Å². The first kappa shape index (κ1) is 20.1. The lowest BCUT2D eigenvalue weighted by Gasteiger charge is -2.16. The zero-order valence-corrected chi connectivity index (χ0v) is 17.7. The second kappa shape index (κ2) is 7.89. The number of hydrogen-bond donors (Lipinski definition) is 3. The first-order chi connectivity index (χ1) is 13.8. The van der Waals surface area contributed by atoms with Gasteiger partial charge in [0.05, 0.1) is 9.77 Å². The van der Waals surface area contributed by atoms with Crippen molar-refractivity contribution >= 4 is 33.2 Å². The van der Waals surface area contributed by atoms with Gasteiger partial charge in [0.2, 0.25) is 10.0 Å². The minimum Gasteiger partial charge on any atom is -0.267 e. The molecule has 2 amide bonds. The average Bonchev–Trinajstić information content (AvgIpc) is 3.40. The molecule has 1 heterocycles. The number of thiophene rings is 1. The fourth-order valence-electron chi connectivity index (χ4n) is 3.34. The predicted molar refractivity (Wildman–Crippen MR) is 110 cm³/mol. The fourth-order valence-corrected chi connectivity index (χ4v) is 5.75. The first-order valence-corrected chi connectivity index (χ1v) is 12.0. The summed E-state index contributed by atoms with van der Waals surface area (Å²) in [5.41, 5.74) is 6.31. The number of benzene rings is 1. The van der Waals surface area contributed by atoms with E-state index in [2.05, 4.69) is 22.5 Å². The minimum absolute atomic E-state index is 0.0179. The van der Waals surface area contributed by atoms with Gasteiger partial charge in [-0.05, 0) is 73.9 Å². The van der Waals surface area contributed by atoms with E-state index in [1.165, 1.54) is 46.0 Å². The van der Waals surface area contributed by atoms with E-state index in [1.54, 1.807) is 0 Å². The maximum atomic E-state index is 12.4. The highest BCUT2D eigenvalue weighted by Crippen LogP contribution is 2.32. The van der Waals surface area contributed by atoms with E-state index in [1.807, 2.05) is 6.07 Å². The molecule has 0 spiro atoms. The van der Waals surface area contributed by atoms with Gasteiger partial charge in [0.15, 0.2) is 0 Å². The van der Waals surface area contributed by atoms with Crippen molar-refractivity contribution in [2.24, 2.45) is 5.92 Å². The van der Waals surface area contributed by atoms with Crippen molar-refractivity contribution in [3.8, 4) is 0 Å². The maximum absolute atomic E-state index is 12.4. The van der Waals surface area contributed by atoms with Gasteiger partial charge in [0, 0.05) is 16.5 Å². The number of rotatable bonds is 5. The Kier molecular flexibility index (Phi) is 5.46. The predicted octanol–water partition coefficient (Wildman–Crippen LogP) is 2.39. The molecule has 1 fully saturated rings. The number of hydrazine groups is 1. The van der Waals surface area contributed by atoms with Gasteiger partial charge in [-0.1, -0.05) is 6.92 Å². The van der Waals surface area contributed by atoms with E-state index in [9.17, 15) is 18.0 Å². The molecule has 1 saturated carbocycles. The van der Waals surface area contributed by atoms with Gasteiger partial charge >= 0.3 is 0 Å². The molecule has 3 N–H and O–H groups in total. The van der Waals surface area contributed by atoms with Crippen molar-refractivity contribution in [3.63, 3.8) is 0 Å². The zero-order chi connectivity index (χ0) is 20.6. The van der Waals surface area contributed by atoms with Crippen molar-refractivity contribution < 1.29 is 18.0 Å². The van der Waals surface area contributed by atoms with E-state index in [0.29, 0.717) is 10.8 Å². The average molecular weight is 434 g/mol. The Balaban J connectivity index is 1.35. The first-order valence-electron chi connectivity index (χ1n) is 9.66. The number of aryl methyl sites for hydroxylation is 1. The Morgan fingerprint density at radius 1 is 1.03 bits per heavy atom. The Hall–Kier alpha value is -2.23. The summed E-state index contributed by atoms with van der Waals surface area (Å²) in [6, 6.07) is 7.54. The third-order valence-corrected chi connectivity index (χ3v) is 7.94. The molecule has 0 saturated heterocycles. The van der Waals surface area contributed by atoms with Gasteiger partial charge in [0.1, 0.15) is 0 Å². The van der Waals surface area contributed by atoms with E-state index in [-0.39, 0.29) is 22.4 Å². The lowest BCUT2D eigenvalue weighted by atomic mass is 9.90. The summed E-state index contributed by atoms with van der Waals surface area (Å²) < 4.78 is 26.9. The summed E-state index contributed by atoms with van der Waals surface area (Å²) in [4.78, 5) is 26.6. The van der Waals surface area contributed by atoms with Crippen LogP contribution in [0.4, 0.5) is 0 Å². The quantitative estimate of drug-likeness (QED) is 0.630. The molecule has 0 aliphatic heterocycles. The van der Waals surface area contributed by atoms with E-state index < -0.39 is 15.9 Å². The van der Waals surface area contributed by atoms with Crippen LogP contribution in [0.2, 0.25) is 0 Å². The lowest BCUT2D eigenvalue weighted by Crippen LogP contribution is -2.41. The summed E-state index contributed by atoms with van der Waals surface area (Å²) >= 11 is 1.47. The topological polar surface area (TPSA) is 104 Å². The Morgan fingerprint density at radius 3 is 2.41 bits per heavy atom. The van der Waals surface area contributed by atoms with Gasteiger partial charge < -0.3 is 0 Å². The monoisotopic (exact) mass is 433 g/mol. The van der Waals surface area contributed by atoms with Crippen molar-refractivity contribution in [1.29, 1.82) is 0 Å². The van der Waals surface area contributed by atoms with Crippen LogP contribution in [-0.4, -0.2) is 26.3 Å². The van der Waals surface area contributed by atoms with E-state index >= 15 is 0 Å². The van der Waals surface area contributed by atoms with Gasteiger partial charge in [-0.2, -0.15) is 0 Å². The van der Waals surface area contributed by atoms with Crippen LogP contribution >= 0.6 is 11.3 Å². The van der Waals surface area contributed by atoms with Crippen LogP contribution in [0.3, 0.4) is 0 Å². The SMILES string of the molecule is CC1CCc2sc(C(=O)NNC(=O)c3ccc(S(=O)(=O)NC4CC4)cc3)cc2C1. The molecule has 2 aliphatic rings. The number of nitrogens with one attached hydrogen (secondary N) is 3. The van der Waals surface area contributed by atoms with Gasteiger partial charge in [-0.25, -0.2) is 13.1 Å². The normalized spacial score (nSPS) is 18.7. The van der Waals surface area contributed by atoms with Gasteiger partial charge in [-0.15, -0.1) is 11.3 Å². The highest BCUT2D eigenvalue weighted by atomic mass is 32.2. The molecular weight excluding hydrogens is 410 g/mol. The molecule has 154 valence electrons. The number of carbonyl (C=O) groups excluding carboxylic acids is 2. The number of sulfonamides is 1. The molecule has 0 bridgehead atoms. The second-order valence-corrected chi connectivity index (χ2v) is 10.6. The molecule has 1 aromatic carbocycles. The molecule has 1 unspecified atom stereocenters. The van der Waals surface area contributed by atoms with Crippen LogP contribution in [0.25, 0.3) is 0 Å². The molecule has 4 rings (SSSR count). The van der Waals surface area contributed by atoms with Crippen molar-refractivity contribution in [2.75, 3.05) is 0 Å². The highest BCUT2D eigenvalue weighted by Gasteiger charge is 2.28. The fraction of sp³-hybridized carbons (Fsp3) is 0.400. The highest BCUT2D eigenvalue weighted by molar-refractivity contribution is 7.89. The minimum atomic E-state index is -3.56. The Bertz CT molecular complexity index is 1040. The third kappa shape index (κ3) is 4.68. The largest absolute Gasteiger partial charge is 0.279 e. The van der Waals surface area contributed by atoms with Crippen molar-refractivity contribution in [3.05, 3.63) is 51.2 Å². The second-order valence-electron chi connectivity index (χ2n) is 7.74. The summed E-state index contributed by atoms with van der Waals surface area (Å²) in [5, 5.41) is 0. The molecule has 1 aromatic heterocycles. The Labute approximate surface area is 173 Å². The Morgan fingerprint density at radius 2 is 1.72 bits per heavy atom. The molecule has 2 aromatic rings. The van der Waals surface area contributed by atoms with Crippen molar-refractivity contribution in [2.45, 2.75) is 50.0 Å². The zero-order valence-electron chi connectivity index (χ0n) is 16.0. The molecule has 2 aliphatic carbocycles. The molecule has 1 atom stereocenters. The van der Waals surface area contributed by atoms with Crippen LogP contribution < -0.4 is 15.6 Å². The number of fused-ring (bicyclic) bond motifs is 1. The standard InChI is InChI=1S/C20H23N3O4S2/c1-12-2-9-17-14(10-12)11-18(28-17)20(25)22-21-19(24)13-3-7-16(8-4-13)29(26,27)23-15-5-6-15/h3-4,7-8,11-12,15,23H,2,5-6,9-10H2,1H3,(H,21,24)(H,22,25). The van der Waals surface area contributed by atoms with Gasteiger partial charge in [0.25, 0.3) is 11.8 Å². The van der Waals surface area contributed by atoms with Crippen LogP contribution in [0, 0.1) is 5.92 Å². The number of hydrogen-bond acceptors (Lipinski definition) is 5. The summed E-state index contributed by atoms with van der Waals surface area (Å²) in [7, 11) is -3.56. The molecule has 9 heteroatoms. The molecule has 0 radical (unpaired) electrons.